The molecular weight excluding hydrogens is 671 g/mol. The molecule has 15 heteroatoms. The number of fused-ring (bicyclic) bond motifs is 2. The van der Waals surface area contributed by atoms with Crippen LogP contribution in [0, 0.1) is 0 Å². The van der Waals surface area contributed by atoms with Crippen LogP contribution in [0.4, 0.5) is 5.69 Å². The van der Waals surface area contributed by atoms with Crippen LogP contribution < -0.4 is 30.8 Å². The molecule has 4 rings (SSSR count). The Morgan fingerprint density at radius 2 is 1.67 bits per heavy atom. The first-order valence-corrected chi connectivity index (χ1v) is 19.2. The molecule has 1 amide bonds. The van der Waals surface area contributed by atoms with Crippen LogP contribution in [0.2, 0.25) is 0 Å². The van der Waals surface area contributed by atoms with Gasteiger partial charge in [0.05, 0.1) is 15.9 Å². The Morgan fingerprint density at radius 3 is 2.31 bits per heavy atom. The third-order valence-corrected chi connectivity index (χ3v) is 10.8. The molecule has 0 aromatic heterocycles. The zero-order valence-electron chi connectivity index (χ0n) is 28.5. The number of sulfonamides is 1. The molecule has 0 spiro atoms. The molecule has 1 atom stereocenters. The van der Waals surface area contributed by atoms with Crippen LogP contribution in [0.1, 0.15) is 47.5 Å². The molecule has 1 unspecified atom stereocenters. The first-order chi connectivity index (χ1) is 23.3. The van der Waals surface area contributed by atoms with Crippen molar-refractivity contribution in [2.75, 3.05) is 44.2 Å². The molecule has 49 heavy (non-hydrogen) atoms. The third kappa shape index (κ3) is 8.84. The summed E-state index contributed by atoms with van der Waals surface area (Å²) in [4.78, 5) is 17.1. The van der Waals surface area contributed by atoms with Gasteiger partial charge < -0.3 is 19.2 Å². The molecule has 0 radical (unpaired) electrons. The van der Waals surface area contributed by atoms with Gasteiger partial charge in [-0.15, -0.1) is 0 Å². The number of nitrogens with two attached hydrogens (primary N) is 1. The van der Waals surface area contributed by atoms with E-state index in [1.807, 2.05) is 64.1 Å². The number of carbonyl (C=O) groups is 1. The Morgan fingerprint density at radius 1 is 0.980 bits per heavy atom. The van der Waals surface area contributed by atoms with Crippen LogP contribution in [0.15, 0.2) is 68.8 Å². The maximum absolute atomic E-state index is 13.3. The second-order valence-electron chi connectivity index (χ2n) is 11.6. The van der Waals surface area contributed by atoms with E-state index in [9.17, 15) is 26.2 Å². The van der Waals surface area contributed by atoms with Gasteiger partial charge in [0.25, 0.3) is 0 Å². The standard InChI is InChI=1S/C34H45N5O8S2/c1-6-38(7-2)24-12-15-27-30(19-24)47-31-20-25(39(8-3)9-4)13-16-28(31)34(27)29-17-14-26(21-32(29)49(43,44)45)48(41,42)36-18-10-11-23(5)37-33(40)22-46-35/h12-17,19-21,23,36H,6-11,18,22,35H2,1-5H3,(H-,37,40,43,44,45). The number of benzene rings is 3. The molecule has 0 fully saturated rings. The van der Waals surface area contributed by atoms with Crippen molar-refractivity contribution in [1.29, 1.82) is 0 Å². The fraction of sp³-hybridized carbons (Fsp3) is 0.412. The van der Waals surface area contributed by atoms with Crippen molar-refractivity contribution in [2.45, 2.75) is 63.3 Å². The lowest BCUT2D eigenvalue weighted by Crippen LogP contribution is -2.36. The van der Waals surface area contributed by atoms with Gasteiger partial charge in [0.15, 0.2) is 0 Å². The summed E-state index contributed by atoms with van der Waals surface area (Å²) >= 11 is 0. The van der Waals surface area contributed by atoms with Gasteiger partial charge in [0.2, 0.25) is 21.3 Å². The van der Waals surface area contributed by atoms with Crippen molar-refractivity contribution in [3.8, 4) is 22.5 Å². The topological polar surface area (TPSA) is 187 Å². The zero-order chi connectivity index (χ0) is 35.9. The quantitative estimate of drug-likeness (QED) is 0.0511. The van der Waals surface area contributed by atoms with E-state index in [0.717, 1.165) is 43.3 Å². The second-order valence-corrected chi connectivity index (χ2v) is 14.7. The van der Waals surface area contributed by atoms with Crippen LogP contribution in [-0.2, 0) is 29.8 Å². The largest absolute Gasteiger partial charge is 0.744 e. The van der Waals surface area contributed by atoms with E-state index in [1.54, 1.807) is 6.92 Å². The summed E-state index contributed by atoms with van der Waals surface area (Å²) in [5, 5.41) is 4.16. The summed E-state index contributed by atoms with van der Waals surface area (Å²) in [6, 6.07) is 14.6. The van der Waals surface area contributed by atoms with Gasteiger partial charge >= 0.3 is 0 Å². The van der Waals surface area contributed by atoms with Crippen LogP contribution in [0.3, 0.4) is 0 Å². The van der Waals surface area contributed by atoms with E-state index >= 15 is 0 Å². The Bertz CT molecular complexity index is 2050. The highest BCUT2D eigenvalue weighted by molar-refractivity contribution is 7.89. The first kappa shape index (κ1) is 38.0. The van der Waals surface area contributed by atoms with E-state index in [4.69, 9.17) is 10.3 Å². The number of rotatable bonds is 16. The van der Waals surface area contributed by atoms with Crippen molar-refractivity contribution in [2.24, 2.45) is 5.90 Å². The van der Waals surface area contributed by atoms with Gasteiger partial charge in [-0.3, -0.25) is 9.63 Å². The van der Waals surface area contributed by atoms with Crippen LogP contribution >= 0.6 is 0 Å². The minimum Gasteiger partial charge on any atom is -0.744 e. The Hall–Kier alpha value is -3.86. The third-order valence-electron chi connectivity index (χ3n) is 8.48. The number of nitrogens with one attached hydrogen (secondary N) is 2. The minimum atomic E-state index is -5.16. The first-order valence-electron chi connectivity index (χ1n) is 16.3. The summed E-state index contributed by atoms with van der Waals surface area (Å²) in [7, 11) is -9.37. The average molecular weight is 716 g/mol. The van der Waals surface area contributed by atoms with Crippen molar-refractivity contribution in [3.63, 3.8) is 0 Å². The summed E-state index contributed by atoms with van der Waals surface area (Å²) in [5.41, 5.74) is 2.47. The normalized spacial score (nSPS) is 12.7. The molecule has 4 N–H and O–H groups in total. The number of carbonyl (C=O) groups excluding carboxylic acids is 1. The number of anilines is 1. The summed E-state index contributed by atoms with van der Waals surface area (Å²) < 4.78 is 76.1. The van der Waals surface area contributed by atoms with E-state index in [1.165, 1.54) is 12.1 Å². The molecule has 0 saturated heterocycles. The number of amides is 1. The highest BCUT2D eigenvalue weighted by Crippen LogP contribution is 2.43. The predicted molar refractivity (Wildman–Crippen MR) is 188 cm³/mol. The van der Waals surface area contributed by atoms with E-state index in [0.29, 0.717) is 40.7 Å². The summed E-state index contributed by atoms with van der Waals surface area (Å²) in [6.07, 6.45) is 0.814. The van der Waals surface area contributed by atoms with Crippen molar-refractivity contribution in [3.05, 3.63) is 60.0 Å². The molecule has 2 aromatic carbocycles. The smallest absolute Gasteiger partial charge is 0.248 e. The molecule has 13 nitrogen and oxygen atoms in total. The lowest BCUT2D eigenvalue weighted by atomic mass is 9.93. The molecule has 1 aliphatic heterocycles. The number of hydrogen-bond donors (Lipinski definition) is 3. The summed E-state index contributed by atoms with van der Waals surface area (Å²) in [5.74, 6) is 4.99. The van der Waals surface area contributed by atoms with E-state index in [-0.39, 0.29) is 29.7 Å². The molecule has 0 saturated carbocycles. The minimum absolute atomic E-state index is 0.0103. The highest BCUT2D eigenvalue weighted by Gasteiger charge is 2.25. The molecule has 0 bridgehead atoms. The maximum Gasteiger partial charge on any atom is 0.248 e. The lowest BCUT2D eigenvalue weighted by molar-refractivity contribution is -0.126. The number of hydrogen-bond acceptors (Lipinski definition) is 10. The Kier molecular flexibility index (Phi) is 12.6. The molecular formula is C34H45N5O8S2. The molecule has 2 aromatic rings. The predicted octanol–water partition coefficient (Wildman–Crippen LogP) is 3.22. The zero-order valence-corrected chi connectivity index (χ0v) is 30.1. The molecule has 266 valence electrons. The Labute approximate surface area is 287 Å². The van der Waals surface area contributed by atoms with Gasteiger partial charge in [0, 0.05) is 65.6 Å². The Balaban J connectivity index is 1.83. The fourth-order valence-electron chi connectivity index (χ4n) is 5.97. The van der Waals surface area contributed by atoms with Crippen LogP contribution in [0.5, 0.6) is 0 Å². The molecule has 2 aliphatic rings. The average Bonchev–Trinajstić information content (AvgIpc) is 3.06. The van der Waals surface area contributed by atoms with Gasteiger partial charge in [-0.2, -0.15) is 0 Å². The number of nitrogens with zero attached hydrogens (tertiary/aromatic N) is 2. The highest BCUT2D eigenvalue weighted by atomic mass is 32.2. The molecule has 1 aliphatic carbocycles. The monoisotopic (exact) mass is 715 g/mol. The second kappa shape index (κ2) is 16.2. The van der Waals surface area contributed by atoms with Crippen molar-refractivity contribution < 1.29 is 35.4 Å². The van der Waals surface area contributed by atoms with Gasteiger partial charge in [-0.1, -0.05) is 6.07 Å². The fourth-order valence-corrected chi connectivity index (χ4v) is 7.86. The van der Waals surface area contributed by atoms with Gasteiger partial charge in [-0.25, -0.2) is 32.0 Å². The maximum atomic E-state index is 13.3. The van der Waals surface area contributed by atoms with Crippen molar-refractivity contribution >= 4 is 42.7 Å². The van der Waals surface area contributed by atoms with Gasteiger partial charge in [-0.05, 0) is 77.8 Å². The van der Waals surface area contributed by atoms with E-state index in [2.05, 4.69) is 24.4 Å². The van der Waals surface area contributed by atoms with Crippen LogP contribution in [-0.4, -0.2) is 72.7 Å². The van der Waals surface area contributed by atoms with Crippen LogP contribution in [0.25, 0.3) is 33.4 Å². The van der Waals surface area contributed by atoms with E-state index < -0.39 is 30.9 Å². The lowest BCUT2D eigenvalue weighted by Gasteiger charge is -2.23. The summed E-state index contributed by atoms with van der Waals surface area (Å²) in [6.45, 7) is 12.7. The van der Waals surface area contributed by atoms with Gasteiger partial charge in [0.1, 0.15) is 41.2 Å². The van der Waals surface area contributed by atoms with Crippen molar-refractivity contribution in [1.82, 2.24) is 14.6 Å². The SMILES string of the molecule is CCN(CC)c1ccc2c(-c3ccc(S(=O)(=O)NCCCC(C)NC(=O)CON)cc3S(=O)(=O)[O-])c3ccc(=[N+](CC)CC)cc-3oc2c1. The molecule has 1 heterocycles.